The molecule has 2 fully saturated rings. The second kappa shape index (κ2) is 7.54. The standard InChI is InChI=1S/C22H21F4N5O/c1-11(16-4-3-5-18(19(16)23)22(24,25)26)28-21-17-7-13(8-27-20(17)12(2)29-30-21)31-14-6-15(31)10-32-9-14/h3-5,7-8,11,14-15H,6,9-10H2,1-2H3,(H,28,30)/t11-,14?,15?/m1/s1. The highest BCUT2D eigenvalue weighted by atomic mass is 19.4. The summed E-state index contributed by atoms with van der Waals surface area (Å²) in [6.45, 7) is 4.70. The Morgan fingerprint density at radius 3 is 2.62 bits per heavy atom. The van der Waals surface area contributed by atoms with Gasteiger partial charge in [0, 0.05) is 10.9 Å². The van der Waals surface area contributed by atoms with Crippen molar-refractivity contribution in [1.82, 2.24) is 15.2 Å². The van der Waals surface area contributed by atoms with Gasteiger partial charge in [-0.05, 0) is 32.4 Å². The number of aryl methyl sites for hydroxylation is 1. The van der Waals surface area contributed by atoms with Gasteiger partial charge in [-0.25, -0.2) is 4.39 Å². The number of anilines is 2. The number of rotatable bonds is 4. The average molecular weight is 447 g/mol. The van der Waals surface area contributed by atoms with E-state index in [1.165, 1.54) is 12.1 Å². The topological polar surface area (TPSA) is 63.2 Å². The smallest absolute Gasteiger partial charge is 0.377 e. The summed E-state index contributed by atoms with van der Waals surface area (Å²) < 4.78 is 59.5. The van der Waals surface area contributed by atoms with E-state index >= 15 is 0 Å². The molecule has 2 aliphatic heterocycles. The molecule has 0 amide bonds. The first-order valence-electron chi connectivity index (χ1n) is 10.4. The molecular formula is C22H21F4N5O. The minimum absolute atomic E-state index is 0.103. The van der Waals surface area contributed by atoms with E-state index in [2.05, 4.69) is 25.4 Å². The lowest BCUT2D eigenvalue weighted by Gasteiger charge is -2.53. The minimum atomic E-state index is -4.77. The second-order valence-electron chi connectivity index (χ2n) is 8.28. The predicted octanol–water partition coefficient (Wildman–Crippen LogP) is 4.64. The number of alkyl halides is 3. The zero-order chi connectivity index (χ0) is 22.6. The maximum Gasteiger partial charge on any atom is 0.419 e. The molecule has 3 atom stereocenters. The van der Waals surface area contributed by atoms with E-state index in [0.29, 0.717) is 47.7 Å². The molecule has 168 valence electrons. The van der Waals surface area contributed by atoms with Gasteiger partial charge in [0.2, 0.25) is 0 Å². The molecule has 32 heavy (non-hydrogen) atoms. The van der Waals surface area contributed by atoms with Crippen LogP contribution >= 0.6 is 0 Å². The Labute approximate surface area is 181 Å². The number of halogens is 4. The summed E-state index contributed by atoms with van der Waals surface area (Å²) in [5.74, 6) is -0.956. The van der Waals surface area contributed by atoms with E-state index in [0.717, 1.165) is 18.2 Å². The second-order valence-corrected chi connectivity index (χ2v) is 8.28. The molecular weight excluding hydrogens is 426 g/mol. The fourth-order valence-corrected chi connectivity index (χ4v) is 4.54. The Kier molecular flexibility index (Phi) is 4.92. The van der Waals surface area contributed by atoms with E-state index in [4.69, 9.17) is 4.74 Å². The Bertz CT molecular complexity index is 1170. The largest absolute Gasteiger partial charge is 0.419 e. The Morgan fingerprint density at radius 1 is 1.19 bits per heavy atom. The number of nitrogens with zero attached hydrogens (tertiary/aromatic N) is 4. The number of aromatic nitrogens is 3. The van der Waals surface area contributed by atoms with Gasteiger partial charge in [0.1, 0.15) is 5.82 Å². The van der Waals surface area contributed by atoms with Gasteiger partial charge in [-0.1, -0.05) is 12.1 Å². The molecule has 5 rings (SSSR count). The van der Waals surface area contributed by atoms with Crippen LogP contribution in [0.15, 0.2) is 30.5 Å². The van der Waals surface area contributed by atoms with Gasteiger partial charge in [-0.3, -0.25) is 4.98 Å². The summed E-state index contributed by atoms with van der Waals surface area (Å²) in [6, 6.07) is 5.04. The number of ether oxygens (including phenoxy) is 1. The number of pyridine rings is 1. The lowest BCUT2D eigenvalue weighted by atomic mass is 9.90. The van der Waals surface area contributed by atoms with Gasteiger partial charge >= 0.3 is 6.18 Å². The highest BCUT2D eigenvalue weighted by Crippen LogP contribution is 2.38. The van der Waals surface area contributed by atoms with Crippen LogP contribution in [0.1, 0.15) is 36.2 Å². The Morgan fingerprint density at radius 2 is 1.94 bits per heavy atom. The van der Waals surface area contributed by atoms with Crippen molar-refractivity contribution in [2.24, 2.45) is 0 Å². The maximum absolute atomic E-state index is 14.6. The molecule has 1 N–H and O–H groups in total. The molecule has 1 aromatic carbocycles. The van der Waals surface area contributed by atoms with Crippen molar-refractivity contribution in [2.75, 3.05) is 23.4 Å². The molecule has 0 radical (unpaired) electrons. The molecule has 0 aliphatic carbocycles. The van der Waals surface area contributed by atoms with Gasteiger partial charge in [0.05, 0.1) is 60.0 Å². The third-order valence-corrected chi connectivity index (χ3v) is 6.17. The third-order valence-electron chi connectivity index (χ3n) is 6.17. The van der Waals surface area contributed by atoms with Crippen molar-refractivity contribution in [3.63, 3.8) is 0 Å². The number of hydrogen-bond donors (Lipinski definition) is 1. The van der Waals surface area contributed by atoms with Crippen LogP contribution in [-0.2, 0) is 10.9 Å². The fourth-order valence-electron chi connectivity index (χ4n) is 4.54. The fraction of sp³-hybridized carbons (Fsp3) is 0.409. The van der Waals surface area contributed by atoms with Gasteiger partial charge in [0.15, 0.2) is 5.82 Å². The first-order chi connectivity index (χ1) is 15.2. The molecule has 2 unspecified atom stereocenters. The summed E-state index contributed by atoms with van der Waals surface area (Å²) in [6.07, 6.45) is -1.90. The Hall–Kier alpha value is -3.01. The quantitative estimate of drug-likeness (QED) is 0.588. The van der Waals surface area contributed by atoms with Gasteiger partial charge in [-0.2, -0.15) is 18.3 Å². The van der Waals surface area contributed by atoms with E-state index in [9.17, 15) is 17.6 Å². The van der Waals surface area contributed by atoms with Crippen LogP contribution in [0.4, 0.5) is 29.1 Å². The van der Waals surface area contributed by atoms with Crippen LogP contribution in [0.25, 0.3) is 10.9 Å². The number of benzene rings is 1. The first kappa shape index (κ1) is 20.9. The van der Waals surface area contributed by atoms with Gasteiger partial charge < -0.3 is 15.0 Å². The van der Waals surface area contributed by atoms with Gasteiger partial charge in [0.25, 0.3) is 0 Å². The zero-order valence-corrected chi connectivity index (χ0v) is 17.4. The summed E-state index contributed by atoms with van der Waals surface area (Å²) in [7, 11) is 0. The highest BCUT2D eigenvalue weighted by Gasteiger charge is 2.42. The molecule has 3 aromatic rings. The number of nitrogens with one attached hydrogen (secondary N) is 1. The maximum atomic E-state index is 14.6. The van der Waals surface area contributed by atoms with Gasteiger partial charge in [-0.15, -0.1) is 5.10 Å². The lowest BCUT2D eigenvalue weighted by molar-refractivity contribution is -0.140. The van der Waals surface area contributed by atoms with Crippen molar-refractivity contribution < 1.29 is 22.3 Å². The van der Waals surface area contributed by atoms with Crippen molar-refractivity contribution in [3.05, 3.63) is 53.1 Å². The SMILES string of the molecule is Cc1nnc(N[C@H](C)c2cccc(C(F)(F)F)c2F)c2cc(N3C4COCC3C4)cnc12. The Balaban J connectivity index is 1.50. The van der Waals surface area contributed by atoms with Crippen LogP contribution in [0.5, 0.6) is 0 Å². The summed E-state index contributed by atoms with van der Waals surface area (Å²) in [5.41, 5.74) is 0.787. The zero-order valence-electron chi connectivity index (χ0n) is 17.4. The van der Waals surface area contributed by atoms with Crippen LogP contribution in [-0.4, -0.2) is 40.5 Å². The molecule has 6 nitrogen and oxygen atoms in total. The number of hydrogen-bond acceptors (Lipinski definition) is 6. The van der Waals surface area contributed by atoms with Crippen LogP contribution in [0, 0.1) is 12.7 Å². The van der Waals surface area contributed by atoms with Crippen molar-refractivity contribution in [2.45, 2.75) is 44.6 Å². The summed E-state index contributed by atoms with van der Waals surface area (Å²) in [5, 5.41) is 12.0. The highest BCUT2D eigenvalue weighted by molar-refractivity contribution is 5.92. The van der Waals surface area contributed by atoms with Crippen LogP contribution < -0.4 is 10.2 Å². The van der Waals surface area contributed by atoms with E-state index in [1.54, 1.807) is 20.0 Å². The molecule has 2 saturated heterocycles. The molecule has 0 spiro atoms. The molecule has 10 heteroatoms. The summed E-state index contributed by atoms with van der Waals surface area (Å²) >= 11 is 0. The average Bonchev–Trinajstić information content (AvgIpc) is 2.75. The number of morpholine rings is 1. The predicted molar refractivity (Wildman–Crippen MR) is 111 cm³/mol. The van der Waals surface area contributed by atoms with Crippen molar-refractivity contribution in [1.29, 1.82) is 0 Å². The van der Waals surface area contributed by atoms with Crippen molar-refractivity contribution in [3.8, 4) is 0 Å². The van der Waals surface area contributed by atoms with E-state index in [-0.39, 0.29) is 5.56 Å². The lowest BCUT2D eigenvalue weighted by Crippen LogP contribution is -2.64. The molecule has 2 bridgehead atoms. The first-order valence-corrected chi connectivity index (χ1v) is 10.4. The van der Waals surface area contributed by atoms with Crippen LogP contribution in [0.2, 0.25) is 0 Å². The summed E-state index contributed by atoms with van der Waals surface area (Å²) in [4.78, 5) is 6.84. The monoisotopic (exact) mass is 447 g/mol. The normalized spacial score (nSPS) is 21.4. The van der Waals surface area contributed by atoms with E-state index in [1.807, 2.05) is 6.07 Å². The molecule has 4 heterocycles. The van der Waals surface area contributed by atoms with E-state index < -0.39 is 23.6 Å². The minimum Gasteiger partial charge on any atom is -0.377 e. The van der Waals surface area contributed by atoms with Crippen molar-refractivity contribution >= 4 is 22.4 Å². The van der Waals surface area contributed by atoms with Crippen LogP contribution in [0.3, 0.4) is 0 Å². The third kappa shape index (κ3) is 3.42. The number of fused-ring (bicyclic) bond motifs is 3. The molecule has 0 saturated carbocycles. The molecule has 2 aromatic heterocycles. The molecule has 2 aliphatic rings.